The topological polar surface area (TPSA) is 87.7 Å². The normalized spacial score (nSPS) is 13.4. The van der Waals surface area contributed by atoms with Crippen molar-refractivity contribution in [1.29, 1.82) is 0 Å². The van der Waals surface area contributed by atoms with Crippen LogP contribution in [0.1, 0.15) is 21.0 Å². The van der Waals surface area contributed by atoms with Gasteiger partial charge in [-0.1, -0.05) is 17.7 Å². The molecule has 1 aliphatic rings. The third-order valence-corrected chi connectivity index (χ3v) is 3.97. The Labute approximate surface area is 147 Å². The zero-order chi connectivity index (χ0) is 17.4. The van der Waals surface area contributed by atoms with E-state index in [2.05, 4.69) is 20.3 Å². The van der Waals surface area contributed by atoms with Crippen molar-refractivity contribution in [2.75, 3.05) is 5.32 Å². The number of imidazole rings is 1. The number of rotatable bonds is 3. The average Bonchev–Trinajstić information content (AvgIpc) is 3.08. The predicted octanol–water partition coefficient (Wildman–Crippen LogP) is 3.50. The number of Topliss-reactive ketones (excluding diaryl/α,β-unsaturated/α-hetero) is 1. The summed E-state index contributed by atoms with van der Waals surface area (Å²) in [6.07, 6.45) is 2.87. The highest BCUT2D eigenvalue weighted by Crippen LogP contribution is 2.24. The molecule has 0 amide bonds. The molecule has 0 fully saturated rings. The van der Waals surface area contributed by atoms with E-state index in [0.717, 1.165) is 0 Å². The molecule has 0 bridgehead atoms. The van der Waals surface area contributed by atoms with Gasteiger partial charge in [0.15, 0.2) is 5.82 Å². The Morgan fingerprint density at radius 3 is 2.56 bits per heavy atom. The van der Waals surface area contributed by atoms with E-state index in [-0.39, 0.29) is 28.7 Å². The Bertz CT molecular complexity index is 1010. The number of allylic oxidation sites excluding steroid dienone is 2. The molecule has 0 spiro atoms. The first-order valence-electron chi connectivity index (χ1n) is 7.46. The van der Waals surface area contributed by atoms with Gasteiger partial charge in [-0.2, -0.15) is 0 Å². The smallest absolute Gasteiger partial charge is 0.227 e. The molecule has 0 aliphatic heterocycles. The lowest BCUT2D eigenvalue weighted by Crippen LogP contribution is -2.21. The number of fused-ring (bicyclic) bond motifs is 1. The van der Waals surface area contributed by atoms with Gasteiger partial charge in [0.25, 0.3) is 0 Å². The van der Waals surface area contributed by atoms with Crippen molar-refractivity contribution in [3.63, 3.8) is 0 Å². The summed E-state index contributed by atoms with van der Waals surface area (Å²) in [6.45, 7) is 0. The SMILES string of the molecule is O=C1C=C(Nc2ccc(Cl)cc2)C(=O)c2[nH]c(-c3ccccn3)nc21. The minimum atomic E-state index is -0.343. The van der Waals surface area contributed by atoms with Gasteiger partial charge in [-0.05, 0) is 36.4 Å². The summed E-state index contributed by atoms with van der Waals surface area (Å²) < 4.78 is 0. The monoisotopic (exact) mass is 350 g/mol. The molecule has 25 heavy (non-hydrogen) atoms. The molecule has 0 atom stereocenters. The van der Waals surface area contributed by atoms with Gasteiger partial charge in [0.1, 0.15) is 17.1 Å². The van der Waals surface area contributed by atoms with Crippen molar-refractivity contribution in [3.8, 4) is 11.5 Å². The number of nitrogens with zero attached hydrogens (tertiary/aromatic N) is 2. The summed E-state index contributed by atoms with van der Waals surface area (Å²) in [6, 6.07) is 12.2. The molecule has 2 aromatic heterocycles. The van der Waals surface area contributed by atoms with Crippen molar-refractivity contribution in [2.24, 2.45) is 0 Å². The fourth-order valence-electron chi connectivity index (χ4n) is 2.52. The second-order valence-corrected chi connectivity index (χ2v) is 5.84. The van der Waals surface area contributed by atoms with Crippen molar-refractivity contribution in [3.05, 3.63) is 76.8 Å². The van der Waals surface area contributed by atoms with Crippen LogP contribution >= 0.6 is 11.6 Å². The molecule has 7 heteroatoms. The van der Waals surface area contributed by atoms with Gasteiger partial charge in [0.2, 0.25) is 11.6 Å². The first kappa shape index (κ1) is 15.3. The molecule has 1 aromatic carbocycles. The molecule has 122 valence electrons. The third kappa shape index (κ3) is 2.83. The predicted molar refractivity (Wildman–Crippen MR) is 93.6 cm³/mol. The Hall–Kier alpha value is -3.25. The molecule has 0 radical (unpaired) electrons. The number of benzene rings is 1. The van der Waals surface area contributed by atoms with Crippen LogP contribution in [0.15, 0.2) is 60.4 Å². The van der Waals surface area contributed by atoms with Crippen LogP contribution in [0.3, 0.4) is 0 Å². The van der Waals surface area contributed by atoms with E-state index in [4.69, 9.17) is 11.6 Å². The second-order valence-electron chi connectivity index (χ2n) is 5.41. The number of hydrogen-bond acceptors (Lipinski definition) is 5. The Kier molecular flexibility index (Phi) is 3.66. The number of aromatic amines is 1. The molecule has 1 aliphatic carbocycles. The van der Waals surface area contributed by atoms with E-state index in [0.29, 0.717) is 22.2 Å². The van der Waals surface area contributed by atoms with Crippen molar-refractivity contribution >= 4 is 28.9 Å². The highest BCUT2D eigenvalue weighted by molar-refractivity contribution is 6.30. The van der Waals surface area contributed by atoms with Crippen LogP contribution in [0, 0.1) is 0 Å². The number of ketones is 2. The molecule has 3 aromatic rings. The summed E-state index contributed by atoms with van der Waals surface area (Å²) in [4.78, 5) is 36.3. The van der Waals surface area contributed by atoms with Crippen molar-refractivity contribution in [2.45, 2.75) is 0 Å². The largest absolute Gasteiger partial charge is 0.352 e. The second kappa shape index (κ2) is 5.99. The van der Waals surface area contributed by atoms with E-state index in [1.165, 1.54) is 6.08 Å². The van der Waals surface area contributed by atoms with Gasteiger partial charge in [0, 0.05) is 23.0 Å². The van der Waals surface area contributed by atoms with Gasteiger partial charge in [-0.25, -0.2) is 4.98 Å². The van der Waals surface area contributed by atoms with Crippen molar-refractivity contribution < 1.29 is 9.59 Å². The summed E-state index contributed by atoms with van der Waals surface area (Å²) >= 11 is 5.85. The number of H-pyrrole nitrogens is 1. The molecule has 4 rings (SSSR count). The third-order valence-electron chi connectivity index (χ3n) is 3.72. The number of hydrogen-bond donors (Lipinski definition) is 2. The molecular formula is C18H11ClN4O2. The van der Waals surface area contributed by atoms with Gasteiger partial charge >= 0.3 is 0 Å². The van der Waals surface area contributed by atoms with Gasteiger partial charge in [-0.15, -0.1) is 0 Å². The van der Waals surface area contributed by atoms with Gasteiger partial charge in [0.05, 0.1) is 5.70 Å². The Morgan fingerprint density at radius 1 is 1.04 bits per heavy atom. The first-order chi connectivity index (χ1) is 12.1. The fourth-order valence-corrected chi connectivity index (χ4v) is 2.65. The summed E-state index contributed by atoms with van der Waals surface area (Å²) in [5.74, 6) is -0.294. The van der Waals surface area contributed by atoms with E-state index in [1.54, 1.807) is 48.7 Å². The number of pyridine rings is 1. The first-order valence-corrected chi connectivity index (χ1v) is 7.84. The highest BCUT2D eigenvalue weighted by Gasteiger charge is 2.30. The molecule has 0 unspecified atom stereocenters. The lowest BCUT2D eigenvalue weighted by molar-refractivity contribution is 0.0980. The number of carbonyl (C=O) groups excluding carboxylic acids is 2. The zero-order valence-corrected chi connectivity index (χ0v) is 13.5. The number of anilines is 1. The van der Waals surface area contributed by atoms with Crippen LogP contribution < -0.4 is 5.32 Å². The Balaban J connectivity index is 1.67. The molecule has 0 saturated carbocycles. The number of aromatic nitrogens is 3. The van der Waals surface area contributed by atoms with E-state index >= 15 is 0 Å². The lowest BCUT2D eigenvalue weighted by atomic mass is 10.0. The van der Waals surface area contributed by atoms with Gasteiger partial charge < -0.3 is 10.3 Å². The molecule has 0 saturated heterocycles. The summed E-state index contributed by atoms with van der Waals surface area (Å²) in [5, 5.41) is 3.53. The number of halogens is 1. The maximum Gasteiger partial charge on any atom is 0.227 e. The quantitative estimate of drug-likeness (QED) is 0.754. The van der Waals surface area contributed by atoms with Crippen LogP contribution in [-0.4, -0.2) is 26.5 Å². The van der Waals surface area contributed by atoms with E-state index in [1.807, 2.05) is 0 Å². The lowest BCUT2D eigenvalue weighted by Gasteiger charge is -2.13. The fraction of sp³-hybridized carbons (Fsp3) is 0. The minimum absolute atomic E-state index is 0.104. The van der Waals surface area contributed by atoms with Crippen LogP contribution in [-0.2, 0) is 0 Å². The van der Waals surface area contributed by atoms with E-state index < -0.39 is 0 Å². The Morgan fingerprint density at radius 2 is 1.84 bits per heavy atom. The number of carbonyl (C=O) groups is 2. The van der Waals surface area contributed by atoms with Crippen LogP contribution in [0.25, 0.3) is 11.5 Å². The maximum absolute atomic E-state index is 12.7. The van der Waals surface area contributed by atoms with Gasteiger partial charge in [-0.3, -0.25) is 14.6 Å². The van der Waals surface area contributed by atoms with E-state index in [9.17, 15) is 9.59 Å². The summed E-state index contributed by atoms with van der Waals surface area (Å²) in [7, 11) is 0. The average molecular weight is 351 g/mol. The van der Waals surface area contributed by atoms with Crippen LogP contribution in [0.5, 0.6) is 0 Å². The van der Waals surface area contributed by atoms with Crippen LogP contribution in [0.4, 0.5) is 5.69 Å². The minimum Gasteiger partial charge on any atom is -0.352 e. The molecular weight excluding hydrogens is 340 g/mol. The molecule has 6 nitrogen and oxygen atoms in total. The van der Waals surface area contributed by atoms with Crippen molar-refractivity contribution in [1.82, 2.24) is 15.0 Å². The standard InChI is InChI=1S/C18H11ClN4O2/c19-10-4-6-11(7-5-10)21-13-9-14(24)15-16(17(13)25)23-18(22-15)12-3-1-2-8-20-12/h1-9,21H,(H,22,23). The highest BCUT2D eigenvalue weighted by atomic mass is 35.5. The number of nitrogens with one attached hydrogen (secondary N) is 2. The zero-order valence-electron chi connectivity index (χ0n) is 12.8. The molecule has 2 heterocycles. The van der Waals surface area contributed by atoms with Crippen LogP contribution in [0.2, 0.25) is 5.02 Å². The summed E-state index contributed by atoms with van der Waals surface area (Å²) in [5.41, 5.74) is 1.65. The molecule has 2 N–H and O–H groups in total. The maximum atomic E-state index is 12.7.